The van der Waals surface area contributed by atoms with E-state index in [9.17, 15) is 0 Å². The fraction of sp³-hybridized carbons (Fsp3) is 0.0182. The van der Waals surface area contributed by atoms with E-state index in [2.05, 4.69) is 205 Å². The van der Waals surface area contributed by atoms with E-state index in [4.69, 9.17) is 9.15 Å². The quantitative estimate of drug-likeness (QED) is 0.175. The minimum absolute atomic E-state index is 0.853. The summed E-state index contributed by atoms with van der Waals surface area (Å²) in [7, 11) is 2.11. The highest BCUT2D eigenvalue weighted by atomic mass is 16.5. The van der Waals surface area contributed by atoms with Crippen LogP contribution in [0.4, 0.5) is 28.4 Å². The molecule has 1 aliphatic heterocycles. The molecule has 2 heterocycles. The maximum atomic E-state index is 6.63. The third-order valence-electron chi connectivity index (χ3n) is 11.5. The lowest BCUT2D eigenvalue weighted by Gasteiger charge is -2.30. The van der Waals surface area contributed by atoms with Gasteiger partial charge < -0.3 is 19.0 Å². The molecule has 0 radical (unpaired) electrons. The standard InChI is InChI=1S/C38H23NO2.C17H15N/c1-2-12-25(13-3-1)39(32-17-8-11-24-10-4-5-14-26(24)32)33-21-20-28-31-23-36-30(27-15-6-7-18-34(27)40-36)22-37(31)41-35-19-9-16-29(33)38(28)35;1-18(15-10-3-2-4-11-15)17-13-7-9-14-8-5-6-12-16(14)17/h1-23H;2-13H,1H3. The van der Waals surface area contributed by atoms with E-state index >= 15 is 0 Å². The number of para-hydroxylation sites is 3. The largest absolute Gasteiger partial charge is 0.456 e. The van der Waals surface area contributed by atoms with E-state index in [1.165, 1.54) is 32.9 Å². The molecular weight excluding hydrogens is 721 g/mol. The van der Waals surface area contributed by atoms with E-state index in [-0.39, 0.29) is 0 Å². The first-order valence-electron chi connectivity index (χ1n) is 20.0. The van der Waals surface area contributed by atoms with E-state index in [0.29, 0.717) is 0 Å². The molecule has 0 aliphatic carbocycles. The van der Waals surface area contributed by atoms with Crippen molar-refractivity contribution in [3.8, 4) is 22.6 Å². The highest BCUT2D eigenvalue weighted by Gasteiger charge is 2.26. The molecule has 0 saturated carbocycles. The molecule has 0 bridgehead atoms. The molecule has 11 aromatic rings. The summed E-state index contributed by atoms with van der Waals surface area (Å²) < 4.78 is 12.9. The van der Waals surface area contributed by atoms with Gasteiger partial charge in [0.2, 0.25) is 0 Å². The third-order valence-corrected chi connectivity index (χ3v) is 11.5. The van der Waals surface area contributed by atoms with Gasteiger partial charge in [-0.3, -0.25) is 0 Å². The molecule has 0 saturated heterocycles. The van der Waals surface area contributed by atoms with Crippen LogP contribution in [-0.2, 0) is 0 Å². The lowest BCUT2D eigenvalue weighted by atomic mass is 9.92. The first-order valence-corrected chi connectivity index (χ1v) is 20.0. The van der Waals surface area contributed by atoms with Crippen molar-refractivity contribution in [3.05, 3.63) is 212 Å². The highest BCUT2D eigenvalue weighted by Crippen LogP contribution is 2.52. The second kappa shape index (κ2) is 14.3. The van der Waals surface area contributed by atoms with Crippen molar-refractivity contribution in [1.29, 1.82) is 0 Å². The normalized spacial score (nSPS) is 11.6. The fourth-order valence-electron chi connectivity index (χ4n) is 8.71. The molecule has 12 rings (SSSR count). The van der Waals surface area contributed by atoms with Crippen LogP contribution in [0.15, 0.2) is 217 Å². The van der Waals surface area contributed by atoms with Gasteiger partial charge in [0.25, 0.3) is 0 Å². The summed E-state index contributed by atoms with van der Waals surface area (Å²) in [4.78, 5) is 4.59. The Morgan fingerprint density at radius 2 is 0.915 bits per heavy atom. The van der Waals surface area contributed by atoms with Gasteiger partial charge in [-0.2, -0.15) is 0 Å². The van der Waals surface area contributed by atoms with Crippen LogP contribution in [0.5, 0.6) is 11.5 Å². The second-order valence-corrected chi connectivity index (χ2v) is 14.9. The minimum Gasteiger partial charge on any atom is -0.456 e. The van der Waals surface area contributed by atoms with Crippen LogP contribution in [0.3, 0.4) is 0 Å². The predicted octanol–water partition coefficient (Wildman–Crippen LogP) is 15.7. The van der Waals surface area contributed by atoms with Crippen molar-refractivity contribution < 1.29 is 9.15 Å². The number of fused-ring (bicyclic) bond motifs is 7. The Bertz CT molecular complexity index is 3330. The van der Waals surface area contributed by atoms with Crippen LogP contribution in [-0.4, -0.2) is 7.05 Å². The molecule has 0 amide bonds. The van der Waals surface area contributed by atoms with Gasteiger partial charge in [-0.25, -0.2) is 0 Å². The van der Waals surface area contributed by atoms with Crippen molar-refractivity contribution in [1.82, 2.24) is 0 Å². The zero-order valence-corrected chi connectivity index (χ0v) is 32.4. The molecule has 0 atom stereocenters. The second-order valence-electron chi connectivity index (χ2n) is 14.9. The molecule has 280 valence electrons. The van der Waals surface area contributed by atoms with Gasteiger partial charge in [0.1, 0.15) is 22.7 Å². The first-order chi connectivity index (χ1) is 29.2. The van der Waals surface area contributed by atoms with Crippen molar-refractivity contribution in [2.45, 2.75) is 0 Å². The van der Waals surface area contributed by atoms with Gasteiger partial charge in [0, 0.05) is 62.0 Å². The Balaban J connectivity index is 0.000000185. The van der Waals surface area contributed by atoms with Crippen LogP contribution in [0.1, 0.15) is 0 Å². The summed E-state index contributed by atoms with van der Waals surface area (Å²) in [6.07, 6.45) is 0. The Morgan fingerprint density at radius 1 is 0.356 bits per heavy atom. The smallest absolute Gasteiger partial charge is 0.136 e. The number of rotatable bonds is 5. The first kappa shape index (κ1) is 34.4. The van der Waals surface area contributed by atoms with Crippen molar-refractivity contribution in [2.75, 3.05) is 16.8 Å². The van der Waals surface area contributed by atoms with E-state index in [1.807, 2.05) is 24.3 Å². The number of hydrogen-bond acceptors (Lipinski definition) is 4. The zero-order valence-electron chi connectivity index (χ0n) is 32.4. The van der Waals surface area contributed by atoms with Gasteiger partial charge >= 0.3 is 0 Å². The molecule has 10 aromatic carbocycles. The van der Waals surface area contributed by atoms with Gasteiger partial charge in [0.05, 0.1) is 11.4 Å². The summed E-state index contributed by atoms with van der Waals surface area (Å²) in [5.74, 6) is 1.72. The van der Waals surface area contributed by atoms with Gasteiger partial charge in [-0.05, 0) is 83.1 Å². The van der Waals surface area contributed by atoms with Crippen molar-refractivity contribution >= 4 is 82.7 Å². The van der Waals surface area contributed by atoms with Gasteiger partial charge in [0.15, 0.2) is 0 Å². The molecule has 0 fully saturated rings. The molecule has 0 spiro atoms. The molecule has 0 unspecified atom stereocenters. The fourth-order valence-corrected chi connectivity index (χ4v) is 8.71. The SMILES string of the molecule is CN(c1ccccc1)c1cccc2ccccc12.c1ccc(N(c2cccc3ccccc23)c2ccc3c4c(cccc24)Oc2cc4c(cc2-3)oc2ccccc24)cc1. The maximum absolute atomic E-state index is 6.63. The molecule has 1 aliphatic rings. The lowest BCUT2D eigenvalue weighted by molar-refractivity contribution is 0.487. The highest BCUT2D eigenvalue weighted by molar-refractivity contribution is 6.14. The predicted molar refractivity (Wildman–Crippen MR) is 247 cm³/mol. The van der Waals surface area contributed by atoms with Crippen LogP contribution in [0.2, 0.25) is 0 Å². The third kappa shape index (κ3) is 5.93. The Morgan fingerprint density at radius 3 is 1.66 bits per heavy atom. The summed E-state index contributed by atoms with van der Waals surface area (Å²) >= 11 is 0. The molecule has 4 heteroatoms. The summed E-state index contributed by atoms with van der Waals surface area (Å²) in [6.45, 7) is 0. The van der Waals surface area contributed by atoms with Gasteiger partial charge in [-0.15, -0.1) is 0 Å². The zero-order chi connectivity index (χ0) is 39.3. The van der Waals surface area contributed by atoms with Crippen molar-refractivity contribution in [3.63, 3.8) is 0 Å². The van der Waals surface area contributed by atoms with E-state index < -0.39 is 0 Å². The monoisotopic (exact) mass is 758 g/mol. The van der Waals surface area contributed by atoms with Gasteiger partial charge in [-0.1, -0.05) is 146 Å². The number of anilines is 5. The molecule has 4 nitrogen and oxygen atoms in total. The Labute approximate surface area is 342 Å². The van der Waals surface area contributed by atoms with E-state index in [0.717, 1.165) is 72.4 Å². The lowest BCUT2D eigenvalue weighted by Crippen LogP contribution is -2.11. The summed E-state index contributed by atoms with van der Waals surface area (Å²) in [5, 5.41) is 9.37. The molecule has 0 N–H and O–H groups in total. The van der Waals surface area contributed by atoms with E-state index in [1.54, 1.807) is 0 Å². The number of benzene rings is 10. The van der Waals surface area contributed by atoms with Crippen LogP contribution in [0.25, 0.3) is 65.4 Å². The topological polar surface area (TPSA) is 28.9 Å². The maximum Gasteiger partial charge on any atom is 0.136 e. The Hall–Kier alpha value is -7.82. The number of furan rings is 1. The molecule has 59 heavy (non-hydrogen) atoms. The van der Waals surface area contributed by atoms with Crippen LogP contribution >= 0.6 is 0 Å². The average molecular weight is 759 g/mol. The average Bonchev–Trinajstić information content (AvgIpc) is 3.67. The van der Waals surface area contributed by atoms with Crippen molar-refractivity contribution in [2.24, 2.45) is 0 Å². The number of hydrogen-bond donors (Lipinski definition) is 0. The number of ether oxygens (including phenoxy) is 1. The van der Waals surface area contributed by atoms with Crippen LogP contribution < -0.4 is 14.5 Å². The summed E-state index contributed by atoms with van der Waals surface area (Å²) in [6, 6.07) is 74.3. The Kier molecular flexibility index (Phi) is 8.34. The number of nitrogens with zero attached hydrogens (tertiary/aromatic N) is 2. The summed E-state index contributed by atoms with van der Waals surface area (Å²) in [5.41, 5.74) is 9.72. The van der Waals surface area contributed by atoms with Crippen LogP contribution in [0, 0.1) is 0 Å². The minimum atomic E-state index is 0.853. The molecular formula is C55H38N2O2. The molecule has 1 aromatic heterocycles.